The molecule has 2 aromatic heterocycles. The summed E-state index contributed by atoms with van der Waals surface area (Å²) in [4.78, 5) is 33.0. The first-order valence-corrected chi connectivity index (χ1v) is 8.18. The molecule has 1 saturated heterocycles. The van der Waals surface area contributed by atoms with Crippen LogP contribution in [0.1, 0.15) is 22.5 Å². The first-order valence-electron chi connectivity index (χ1n) is 8.18. The molecule has 0 bridgehead atoms. The maximum Gasteiger partial charge on any atom is 0.296 e. The van der Waals surface area contributed by atoms with Gasteiger partial charge in [-0.1, -0.05) is 0 Å². The summed E-state index contributed by atoms with van der Waals surface area (Å²) in [6, 6.07) is 5.46. The Kier molecular flexibility index (Phi) is 4.64. The summed E-state index contributed by atoms with van der Waals surface area (Å²) in [5.41, 5.74) is 2.70. The molecule has 1 amide bonds. The molecule has 1 aliphatic rings. The molecule has 126 valence electrons. The molecule has 6 nitrogen and oxygen atoms in total. The maximum absolute atomic E-state index is 12.5. The molecule has 3 heterocycles. The van der Waals surface area contributed by atoms with Gasteiger partial charge in [-0.15, -0.1) is 0 Å². The first-order chi connectivity index (χ1) is 11.6. The van der Waals surface area contributed by atoms with Crippen LogP contribution in [0.5, 0.6) is 0 Å². The summed E-state index contributed by atoms with van der Waals surface area (Å²) in [6.07, 6.45) is 6.25. The van der Waals surface area contributed by atoms with Crippen LogP contribution in [0.2, 0.25) is 0 Å². The summed E-state index contributed by atoms with van der Waals surface area (Å²) in [5, 5.41) is 0. The van der Waals surface area contributed by atoms with Crippen LogP contribution < -0.4 is 4.90 Å². The number of carbonyl (C=O) groups is 2. The van der Waals surface area contributed by atoms with Gasteiger partial charge in [0, 0.05) is 57.5 Å². The molecule has 6 heteroatoms. The normalized spacial score (nSPS) is 15.2. The van der Waals surface area contributed by atoms with Crippen LogP contribution in [0, 0.1) is 6.92 Å². The second-order valence-corrected chi connectivity index (χ2v) is 6.13. The van der Waals surface area contributed by atoms with Crippen LogP contribution in [-0.4, -0.2) is 52.3 Å². The fourth-order valence-electron chi connectivity index (χ4n) is 3.13. The molecule has 0 N–H and O–H groups in total. The number of amides is 1. The number of anilines is 1. The Morgan fingerprint density at radius 2 is 1.96 bits per heavy atom. The summed E-state index contributed by atoms with van der Waals surface area (Å²) >= 11 is 0. The Morgan fingerprint density at radius 3 is 2.67 bits per heavy atom. The van der Waals surface area contributed by atoms with Crippen LogP contribution in [0.3, 0.4) is 0 Å². The van der Waals surface area contributed by atoms with E-state index in [0.717, 1.165) is 30.8 Å². The minimum absolute atomic E-state index is 0.412. The largest absolute Gasteiger partial charge is 0.369 e. The average Bonchev–Trinajstić information content (AvgIpc) is 2.86. The number of aryl methyl sites for hydroxylation is 2. The molecule has 24 heavy (non-hydrogen) atoms. The highest BCUT2D eigenvalue weighted by Gasteiger charge is 2.27. The van der Waals surface area contributed by atoms with Crippen molar-refractivity contribution in [2.45, 2.75) is 13.3 Å². The lowest BCUT2D eigenvalue weighted by Crippen LogP contribution is -2.40. The van der Waals surface area contributed by atoms with Gasteiger partial charge >= 0.3 is 0 Å². The lowest BCUT2D eigenvalue weighted by atomic mass is 10.2. The van der Waals surface area contributed by atoms with Gasteiger partial charge in [-0.2, -0.15) is 0 Å². The standard InChI is InChI=1S/C18H22N4O2/c1-14-13-19-7-6-15(14)21-9-4-10-22(12-11-21)18(24)17(23)16-5-3-8-20(16)2/h3,5-8,13H,4,9-12H2,1-2H3. The number of ketones is 1. The van der Waals surface area contributed by atoms with E-state index in [1.165, 1.54) is 0 Å². The molecule has 1 aliphatic heterocycles. The van der Waals surface area contributed by atoms with Gasteiger partial charge in [-0.3, -0.25) is 14.6 Å². The molecule has 0 atom stereocenters. The van der Waals surface area contributed by atoms with Crippen molar-refractivity contribution in [2.75, 3.05) is 31.1 Å². The van der Waals surface area contributed by atoms with Crippen molar-refractivity contribution in [1.82, 2.24) is 14.5 Å². The van der Waals surface area contributed by atoms with Gasteiger partial charge in [0.2, 0.25) is 0 Å². The third kappa shape index (κ3) is 3.18. The van der Waals surface area contributed by atoms with E-state index in [4.69, 9.17) is 0 Å². The van der Waals surface area contributed by atoms with E-state index in [-0.39, 0.29) is 0 Å². The van der Waals surface area contributed by atoms with Crippen LogP contribution in [0.15, 0.2) is 36.8 Å². The van der Waals surface area contributed by atoms with Gasteiger partial charge < -0.3 is 14.4 Å². The fraction of sp³-hybridized carbons (Fsp3) is 0.389. The number of aromatic nitrogens is 2. The number of hydrogen-bond donors (Lipinski definition) is 0. The Hall–Kier alpha value is -2.63. The summed E-state index contributed by atoms with van der Waals surface area (Å²) in [6.45, 7) is 4.78. The third-order valence-corrected chi connectivity index (χ3v) is 4.49. The Morgan fingerprint density at radius 1 is 1.12 bits per heavy atom. The Balaban J connectivity index is 1.69. The monoisotopic (exact) mass is 326 g/mol. The summed E-state index contributed by atoms with van der Waals surface area (Å²) < 4.78 is 1.69. The zero-order chi connectivity index (χ0) is 17.1. The van der Waals surface area contributed by atoms with Gasteiger partial charge in [-0.05, 0) is 37.1 Å². The molecule has 0 radical (unpaired) electrons. The number of rotatable bonds is 3. The van der Waals surface area contributed by atoms with Gasteiger partial charge in [0.25, 0.3) is 11.7 Å². The zero-order valence-electron chi connectivity index (χ0n) is 14.1. The second kappa shape index (κ2) is 6.86. The highest BCUT2D eigenvalue weighted by Crippen LogP contribution is 2.20. The minimum Gasteiger partial charge on any atom is -0.369 e. The molecule has 0 aliphatic carbocycles. The third-order valence-electron chi connectivity index (χ3n) is 4.49. The van der Waals surface area contributed by atoms with E-state index in [0.29, 0.717) is 18.8 Å². The fourth-order valence-corrected chi connectivity index (χ4v) is 3.13. The van der Waals surface area contributed by atoms with Crippen LogP contribution in [0.4, 0.5) is 5.69 Å². The molecule has 0 aromatic carbocycles. The van der Waals surface area contributed by atoms with Crippen molar-refractivity contribution in [1.29, 1.82) is 0 Å². The highest BCUT2D eigenvalue weighted by molar-refractivity contribution is 6.42. The number of Topliss-reactive ketones (excluding diaryl/α,β-unsaturated/α-hetero) is 1. The van der Waals surface area contributed by atoms with E-state index in [9.17, 15) is 9.59 Å². The topological polar surface area (TPSA) is 58.4 Å². The van der Waals surface area contributed by atoms with E-state index in [2.05, 4.69) is 9.88 Å². The van der Waals surface area contributed by atoms with E-state index in [1.807, 2.05) is 19.2 Å². The average molecular weight is 326 g/mol. The minimum atomic E-state index is -0.434. The van der Waals surface area contributed by atoms with Crippen molar-refractivity contribution in [3.05, 3.63) is 48.0 Å². The number of pyridine rings is 1. The van der Waals surface area contributed by atoms with Gasteiger partial charge in [0.1, 0.15) is 0 Å². The smallest absolute Gasteiger partial charge is 0.296 e. The van der Waals surface area contributed by atoms with Crippen LogP contribution in [0.25, 0.3) is 0 Å². The van der Waals surface area contributed by atoms with Gasteiger partial charge in [0.05, 0.1) is 5.69 Å². The summed E-state index contributed by atoms with van der Waals surface area (Å²) in [7, 11) is 1.77. The second-order valence-electron chi connectivity index (χ2n) is 6.13. The Bertz CT molecular complexity index is 753. The van der Waals surface area contributed by atoms with E-state index >= 15 is 0 Å². The summed E-state index contributed by atoms with van der Waals surface area (Å²) in [5.74, 6) is -0.846. The zero-order valence-corrected chi connectivity index (χ0v) is 14.1. The van der Waals surface area contributed by atoms with Crippen molar-refractivity contribution in [3.63, 3.8) is 0 Å². The van der Waals surface area contributed by atoms with Crippen molar-refractivity contribution in [3.8, 4) is 0 Å². The lowest BCUT2D eigenvalue weighted by molar-refractivity contribution is -0.126. The van der Waals surface area contributed by atoms with Gasteiger partial charge in [-0.25, -0.2) is 0 Å². The molecule has 0 spiro atoms. The predicted octanol–water partition coefficient (Wildman–Crippen LogP) is 1.65. The molecular formula is C18H22N4O2. The molecule has 2 aromatic rings. The first kappa shape index (κ1) is 16.2. The van der Waals surface area contributed by atoms with E-state index in [1.54, 1.807) is 41.0 Å². The molecule has 3 rings (SSSR count). The Labute approximate surface area is 141 Å². The highest BCUT2D eigenvalue weighted by atomic mass is 16.2. The number of carbonyl (C=O) groups excluding carboxylic acids is 2. The van der Waals surface area contributed by atoms with Crippen molar-refractivity contribution < 1.29 is 9.59 Å². The number of hydrogen-bond acceptors (Lipinski definition) is 4. The SMILES string of the molecule is Cc1cnccc1N1CCCN(C(=O)C(=O)c2cccn2C)CC1. The maximum atomic E-state index is 12.5. The van der Waals surface area contributed by atoms with Crippen molar-refractivity contribution in [2.24, 2.45) is 7.05 Å². The van der Waals surface area contributed by atoms with Gasteiger partial charge in [0.15, 0.2) is 0 Å². The molecule has 0 unspecified atom stereocenters. The predicted molar refractivity (Wildman–Crippen MR) is 92.1 cm³/mol. The molecule has 0 saturated carbocycles. The quantitative estimate of drug-likeness (QED) is 0.636. The molecule has 1 fully saturated rings. The van der Waals surface area contributed by atoms with Crippen molar-refractivity contribution >= 4 is 17.4 Å². The van der Waals surface area contributed by atoms with Crippen LogP contribution >= 0.6 is 0 Å². The van der Waals surface area contributed by atoms with Crippen LogP contribution in [-0.2, 0) is 11.8 Å². The number of nitrogens with zero attached hydrogens (tertiary/aromatic N) is 4. The lowest BCUT2D eigenvalue weighted by Gasteiger charge is -2.24. The van der Waals surface area contributed by atoms with E-state index < -0.39 is 11.7 Å². The molecular weight excluding hydrogens is 304 g/mol.